The summed E-state index contributed by atoms with van der Waals surface area (Å²) in [4.78, 5) is 11.1. The monoisotopic (exact) mass is 155 g/mol. The molecule has 0 amide bonds. The Morgan fingerprint density at radius 1 is 1.73 bits per heavy atom. The van der Waals surface area contributed by atoms with Crippen LogP contribution in [0.3, 0.4) is 0 Å². The second-order valence-corrected chi connectivity index (χ2v) is 2.69. The summed E-state index contributed by atoms with van der Waals surface area (Å²) in [5, 5.41) is 0. The van der Waals surface area contributed by atoms with Crippen molar-refractivity contribution >= 4 is 5.78 Å². The minimum absolute atomic E-state index is 0.159. The number of hydrogen-bond donors (Lipinski definition) is 1. The van der Waals surface area contributed by atoms with E-state index in [0.717, 1.165) is 19.3 Å². The van der Waals surface area contributed by atoms with Crippen molar-refractivity contribution in [2.75, 3.05) is 0 Å². The van der Waals surface area contributed by atoms with Crippen molar-refractivity contribution in [2.45, 2.75) is 38.6 Å². The number of carbonyl (C=O) groups is 1. The smallest absolute Gasteiger partial charge is 0.149 e. The van der Waals surface area contributed by atoms with Crippen LogP contribution in [0.25, 0.3) is 0 Å². The molecule has 2 heteroatoms. The number of allylic oxidation sites excluding steroid dienone is 1. The molecule has 0 aliphatic carbocycles. The Morgan fingerprint density at radius 3 is 2.82 bits per heavy atom. The van der Waals surface area contributed by atoms with Crippen molar-refractivity contribution < 1.29 is 4.79 Å². The number of carbonyl (C=O) groups excluding carboxylic acids is 1. The molecule has 2 N–H and O–H groups in total. The third-order valence-electron chi connectivity index (χ3n) is 1.61. The molecule has 0 saturated carbocycles. The molecule has 1 atom stereocenters. The number of ketones is 1. The molecular formula is C9H17NO. The molecule has 0 radical (unpaired) electrons. The highest BCUT2D eigenvalue weighted by molar-refractivity contribution is 5.83. The predicted octanol–water partition coefficient (Wildman–Crippen LogP) is 1.65. The lowest BCUT2D eigenvalue weighted by atomic mass is 10.0. The third kappa shape index (κ3) is 4.73. The molecule has 1 unspecified atom stereocenters. The van der Waals surface area contributed by atoms with Crippen molar-refractivity contribution in [3.8, 4) is 0 Å². The van der Waals surface area contributed by atoms with E-state index in [0.29, 0.717) is 6.42 Å². The van der Waals surface area contributed by atoms with Gasteiger partial charge in [0.2, 0.25) is 0 Å². The van der Waals surface area contributed by atoms with E-state index in [1.165, 1.54) is 0 Å². The fourth-order valence-corrected chi connectivity index (χ4v) is 0.902. The van der Waals surface area contributed by atoms with Crippen LogP contribution in [0, 0.1) is 0 Å². The van der Waals surface area contributed by atoms with Gasteiger partial charge in [-0.15, -0.1) is 6.58 Å². The second kappa shape index (κ2) is 6.10. The molecule has 0 saturated heterocycles. The normalized spacial score (nSPS) is 12.5. The lowest BCUT2D eigenvalue weighted by molar-refractivity contribution is -0.120. The van der Waals surface area contributed by atoms with Gasteiger partial charge in [0.25, 0.3) is 0 Å². The first-order chi connectivity index (χ1) is 5.22. The summed E-state index contributed by atoms with van der Waals surface area (Å²) in [6.07, 6.45) is 4.81. The first kappa shape index (κ1) is 10.4. The van der Waals surface area contributed by atoms with E-state index in [9.17, 15) is 4.79 Å². The quantitative estimate of drug-likeness (QED) is 0.593. The molecule has 0 rings (SSSR count). The Morgan fingerprint density at radius 2 is 2.36 bits per heavy atom. The number of hydrogen-bond acceptors (Lipinski definition) is 2. The van der Waals surface area contributed by atoms with Crippen molar-refractivity contribution in [1.29, 1.82) is 0 Å². The van der Waals surface area contributed by atoms with Gasteiger partial charge in [0.1, 0.15) is 5.78 Å². The first-order valence-electron chi connectivity index (χ1n) is 4.11. The fraction of sp³-hybridized carbons (Fsp3) is 0.667. The molecule has 0 aromatic carbocycles. The summed E-state index contributed by atoms with van der Waals surface area (Å²) in [6, 6.07) is -0.250. The molecule has 0 bridgehead atoms. The lowest BCUT2D eigenvalue weighted by Crippen LogP contribution is -2.29. The molecule has 0 fully saturated rings. The van der Waals surface area contributed by atoms with Crippen LogP contribution in [-0.4, -0.2) is 11.8 Å². The summed E-state index contributed by atoms with van der Waals surface area (Å²) < 4.78 is 0. The summed E-state index contributed by atoms with van der Waals surface area (Å²) in [6.45, 7) is 5.57. The van der Waals surface area contributed by atoms with E-state index in [1.807, 2.05) is 6.92 Å². The van der Waals surface area contributed by atoms with Crippen LogP contribution in [0.4, 0.5) is 0 Å². The van der Waals surface area contributed by atoms with Gasteiger partial charge in [-0.2, -0.15) is 0 Å². The van der Waals surface area contributed by atoms with Crippen LogP contribution in [-0.2, 0) is 4.79 Å². The summed E-state index contributed by atoms with van der Waals surface area (Å²) >= 11 is 0. The van der Waals surface area contributed by atoms with E-state index >= 15 is 0 Å². The third-order valence-corrected chi connectivity index (χ3v) is 1.61. The van der Waals surface area contributed by atoms with E-state index in [4.69, 9.17) is 5.73 Å². The summed E-state index contributed by atoms with van der Waals surface area (Å²) in [5.74, 6) is 0.159. The Labute approximate surface area is 68.5 Å². The molecule has 0 aliphatic heterocycles. The maximum Gasteiger partial charge on any atom is 0.149 e. The largest absolute Gasteiger partial charge is 0.322 e. The highest BCUT2D eigenvalue weighted by Gasteiger charge is 2.10. The molecule has 0 aromatic rings. The van der Waals surface area contributed by atoms with E-state index in [-0.39, 0.29) is 11.8 Å². The van der Waals surface area contributed by atoms with Gasteiger partial charge in [-0.25, -0.2) is 0 Å². The average molecular weight is 155 g/mol. The number of nitrogens with two attached hydrogens (primary N) is 1. The SMILES string of the molecule is C=CCCC(=O)C(N)CCC. The van der Waals surface area contributed by atoms with Gasteiger partial charge < -0.3 is 5.73 Å². The fourth-order valence-electron chi connectivity index (χ4n) is 0.902. The molecule has 64 valence electrons. The van der Waals surface area contributed by atoms with Gasteiger partial charge >= 0.3 is 0 Å². The minimum Gasteiger partial charge on any atom is -0.322 e. The van der Waals surface area contributed by atoms with E-state index < -0.39 is 0 Å². The summed E-state index contributed by atoms with van der Waals surface area (Å²) in [5.41, 5.74) is 5.58. The van der Waals surface area contributed by atoms with Crippen molar-refractivity contribution in [3.63, 3.8) is 0 Å². The van der Waals surface area contributed by atoms with Crippen molar-refractivity contribution in [2.24, 2.45) is 5.73 Å². The summed E-state index contributed by atoms with van der Waals surface area (Å²) in [7, 11) is 0. The zero-order valence-corrected chi connectivity index (χ0v) is 7.18. The van der Waals surface area contributed by atoms with Gasteiger partial charge in [-0.05, 0) is 12.8 Å². The standard InChI is InChI=1S/C9H17NO/c1-3-5-7-9(11)8(10)6-4-2/h3,8H,1,4-7,10H2,2H3. The molecule has 0 spiro atoms. The van der Waals surface area contributed by atoms with Gasteiger partial charge in [0, 0.05) is 6.42 Å². The second-order valence-electron chi connectivity index (χ2n) is 2.69. The van der Waals surface area contributed by atoms with Gasteiger partial charge in [0.15, 0.2) is 0 Å². The van der Waals surface area contributed by atoms with Gasteiger partial charge in [0.05, 0.1) is 6.04 Å². The Kier molecular flexibility index (Phi) is 5.75. The molecule has 2 nitrogen and oxygen atoms in total. The molecule has 0 heterocycles. The van der Waals surface area contributed by atoms with Crippen LogP contribution in [0.2, 0.25) is 0 Å². The van der Waals surface area contributed by atoms with E-state index in [2.05, 4.69) is 6.58 Å². The van der Waals surface area contributed by atoms with Crippen LogP contribution >= 0.6 is 0 Å². The lowest BCUT2D eigenvalue weighted by Gasteiger charge is -2.06. The number of Topliss-reactive ketones (excluding diaryl/α,β-unsaturated/α-hetero) is 1. The molecule has 0 aromatic heterocycles. The maximum atomic E-state index is 11.1. The molecular weight excluding hydrogens is 138 g/mol. The van der Waals surface area contributed by atoms with Gasteiger partial charge in [-0.3, -0.25) is 4.79 Å². The van der Waals surface area contributed by atoms with Crippen LogP contribution in [0.5, 0.6) is 0 Å². The predicted molar refractivity (Wildman–Crippen MR) is 47.3 cm³/mol. The van der Waals surface area contributed by atoms with Crippen LogP contribution < -0.4 is 5.73 Å². The Balaban J connectivity index is 3.54. The number of rotatable bonds is 6. The topological polar surface area (TPSA) is 43.1 Å². The minimum atomic E-state index is -0.250. The zero-order valence-electron chi connectivity index (χ0n) is 7.18. The van der Waals surface area contributed by atoms with E-state index in [1.54, 1.807) is 6.08 Å². The average Bonchev–Trinajstić information content (AvgIpc) is 2.00. The molecule has 0 aliphatic rings. The van der Waals surface area contributed by atoms with Crippen molar-refractivity contribution in [1.82, 2.24) is 0 Å². The van der Waals surface area contributed by atoms with Crippen LogP contribution in [0.1, 0.15) is 32.6 Å². The highest BCUT2D eigenvalue weighted by Crippen LogP contribution is 2.00. The van der Waals surface area contributed by atoms with Gasteiger partial charge in [-0.1, -0.05) is 19.4 Å². The molecule has 11 heavy (non-hydrogen) atoms. The first-order valence-corrected chi connectivity index (χ1v) is 4.11. The highest BCUT2D eigenvalue weighted by atomic mass is 16.1. The maximum absolute atomic E-state index is 11.1. The van der Waals surface area contributed by atoms with Crippen molar-refractivity contribution in [3.05, 3.63) is 12.7 Å². The van der Waals surface area contributed by atoms with Crippen LogP contribution in [0.15, 0.2) is 12.7 Å². The Bertz CT molecular complexity index is 132. The zero-order chi connectivity index (χ0) is 8.69. The Hall–Kier alpha value is -0.630.